The van der Waals surface area contributed by atoms with Crippen LogP contribution >= 0.6 is 0 Å². The fraction of sp³-hybridized carbons (Fsp3) is 0.316. The van der Waals surface area contributed by atoms with E-state index in [1.54, 1.807) is 18.5 Å². The molecule has 1 unspecified atom stereocenters. The summed E-state index contributed by atoms with van der Waals surface area (Å²) in [4.78, 5) is 25.2. The number of hydrogen-bond acceptors (Lipinski definition) is 6. The van der Waals surface area contributed by atoms with Gasteiger partial charge in [-0.15, -0.1) is 0 Å². The second-order valence-corrected chi connectivity index (χ2v) is 6.47. The molecule has 0 radical (unpaired) electrons. The zero-order valence-corrected chi connectivity index (χ0v) is 14.5. The van der Waals surface area contributed by atoms with E-state index in [4.69, 9.17) is 9.47 Å². The first-order chi connectivity index (χ1) is 12.7. The number of nitrogens with zero attached hydrogens (tertiary/aromatic N) is 3. The summed E-state index contributed by atoms with van der Waals surface area (Å²) >= 11 is 0. The molecule has 7 nitrogen and oxygen atoms in total. The van der Waals surface area contributed by atoms with Crippen molar-refractivity contribution in [3.63, 3.8) is 0 Å². The van der Waals surface area contributed by atoms with Gasteiger partial charge in [-0.3, -0.25) is 14.8 Å². The van der Waals surface area contributed by atoms with Crippen molar-refractivity contribution in [3.05, 3.63) is 53.1 Å². The quantitative estimate of drug-likeness (QED) is 0.760. The molecule has 26 heavy (non-hydrogen) atoms. The number of H-pyrrole nitrogens is 1. The van der Waals surface area contributed by atoms with Crippen molar-refractivity contribution >= 4 is 16.6 Å². The Morgan fingerprint density at radius 1 is 1.31 bits per heavy atom. The Morgan fingerprint density at radius 3 is 2.92 bits per heavy atom. The lowest BCUT2D eigenvalue weighted by molar-refractivity contribution is 0.186. The molecule has 1 saturated heterocycles. The van der Waals surface area contributed by atoms with Gasteiger partial charge in [0.05, 0.1) is 23.7 Å². The van der Waals surface area contributed by atoms with Gasteiger partial charge in [0, 0.05) is 38.0 Å². The molecule has 0 bridgehead atoms. The Labute approximate surface area is 150 Å². The Balaban J connectivity index is 1.48. The fourth-order valence-electron chi connectivity index (χ4n) is 3.12. The number of ether oxygens (including phenoxy) is 2. The predicted molar refractivity (Wildman–Crippen MR) is 98.9 cm³/mol. The number of fused-ring (bicyclic) bond motifs is 1. The van der Waals surface area contributed by atoms with Crippen LogP contribution in [0.4, 0.5) is 5.69 Å². The van der Waals surface area contributed by atoms with Crippen LogP contribution < -0.4 is 15.2 Å². The topological polar surface area (TPSA) is 80.3 Å². The Bertz CT molecular complexity index is 949. The van der Waals surface area contributed by atoms with Gasteiger partial charge in [0.2, 0.25) is 0 Å². The van der Waals surface area contributed by atoms with E-state index in [0.29, 0.717) is 22.6 Å². The molecule has 3 aromatic rings. The highest BCUT2D eigenvalue weighted by Crippen LogP contribution is 2.24. The van der Waals surface area contributed by atoms with Crippen LogP contribution in [0.1, 0.15) is 6.42 Å². The zero-order valence-electron chi connectivity index (χ0n) is 14.5. The molecule has 0 saturated carbocycles. The molecule has 1 aliphatic heterocycles. The van der Waals surface area contributed by atoms with Crippen LogP contribution in [0.2, 0.25) is 0 Å². The van der Waals surface area contributed by atoms with Gasteiger partial charge in [0.1, 0.15) is 5.75 Å². The van der Waals surface area contributed by atoms with Crippen molar-refractivity contribution in [1.82, 2.24) is 15.0 Å². The average molecular weight is 352 g/mol. The zero-order chi connectivity index (χ0) is 17.9. The lowest BCUT2D eigenvalue weighted by Gasteiger charge is -2.22. The summed E-state index contributed by atoms with van der Waals surface area (Å²) in [5.74, 6) is 1.19. The van der Waals surface area contributed by atoms with Gasteiger partial charge in [-0.05, 0) is 36.8 Å². The molecule has 1 atom stereocenters. The van der Waals surface area contributed by atoms with Gasteiger partial charge in [0.25, 0.3) is 5.56 Å². The first-order valence-corrected chi connectivity index (χ1v) is 8.60. The third kappa shape index (κ3) is 3.52. The number of aromatic amines is 1. The van der Waals surface area contributed by atoms with Gasteiger partial charge >= 0.3 is 6.01 Å². The number of hydrogen-bond donors (Lipinski definition) is 1. The van der Waals surface area contributed by atoms with E-state index in [1.807, 2.05) is 24.3 Å². The van der Waals surface area contributed by atoms with Gasteiger partial charge in [-0.2, -0.15) is 4.98 Å². The maximum Gasteiger partial charge on any atom is 0.302 e. The number of aromatic nitrogens is 3. The lowest BCUT2D eigenvalue weighted by atomic mass is 10.1. The minimum Gasteiger partial charge on any atom is -0.426 e. The molecule has 0 spiro atoms. The van der Waals surface area contributed by atoms with Crippen molar-refractivity contribution in [2.45, 2.75) is 6.42 Å². The highest BCUT2D eigenvalue weighted by atomic mass is 16.5. The summed E-state index contributed by atoms with van der Waals surface area (Å²) in [6.07, 6.45) is 4.22. The second-order valence-electron chi connectivity index (χ2n) is 6.47. The van der Waals surface area contributed by atoms with Crippen molar-refractivity contribution in [1.29, 1.82) is 0 Å². The fourth-order valence-corrected chi connectivity index (χ4v) is 3.12. The van der Waals surface area contributed by atoms with Gasteiger partial charge in [-0.25, -0.2) is 0 Å². The SMILES string of the molecule is CN(CC1CCOC1)c1ccc(Oc2nc3cnccc3c(=O)[nH]2)cc1. The molecule has 4 rings (SSSR count). The molecule has 0 aliphatic carbocycles. The molecule has 7 heteroatoms. The van der Waals surface area contributed by atoms with Crippen LogP contribution in [-0.2, 0) is 4.74 Å². The number of nitrogens with one attached hydrogen (secondary N) is 1. The Kier molecular flexibility index (Phi) is 4.53. The van der Waals surface area contributed by atoms with Crippen LogP contribution in [-0.4, -0.2) is 41.8 Å². The van der Waals surface area contributed by atoms with Crippen LogP contribution in [0.15, 0.2) is 47.5 Å². The number of benzene rings is 1. The summed E-state index contributed by atoms with van der Waals surface area (Å²) in [6, 6.07) is 9.50. The van der Waals surface area contributed by atoms with Gasteiger partial charge < -0.3 is 14.4 Å². The molecule has 134 valence electrons. The number of pyridine rings is 1. The minimum atomic E-state index is -0.248. The normalized spacial score (nSPS) is 16.7. The largest absolute Gasteiger partial charge is 0.426 e. The molecule has 3 heterocycles. The molecule has 2 aromatic heterocycles. The highest BCUT2D eigenvalue weighted by Gasteiger charge is 2.17. The van der Waals surface area contributed by atoms with Crippen LogP contribution in [0.5, 0.6) is 11.8 Å². The first kappa shape index (κ1) is 16.5. The summed E-state index contributed by atoms with van der Waals surface area (Å²) in [6.45, 7) is 2.66. The Morgan fingerprint density at radius 2 is 2.15 bits per heavy atom. The maximum absolute atomic E-state index is 12.1. The molecule has 0 amide bonds. The summed E-state index contributed by atoms with van der Waals surface area (Å²) in [7, 11) is 2.07. The van der Waals surface area contributed by atoms with Crippen molar-refractivity contribution in [2.75, 3.05) is 31.7 Å². The third-order valence-corrected chi connectivity index (χ3v) is 4.54. The summed E-state index contributed by atoms with van der Waals surface area (Å²) < 4.78 is 11.1. The standard InChI is InChI=1S/C19H20N4O3/c1-23(11-13-7-9-25-12-13)14-2-4-15(5-3-14)26-19-21-17-10-20-8-6-16(17)18(24)22-19/h2-6,8,10,13H,7,9,11-12H2,1H3,(H,21,22,24). The minimum absolute atomic E-state index is 0.153. The maximum atomic E-state index is 12.1. The monoisotopic (exact) mass is 352 g/mol. The van der Waals surface area contributed by atoms with Gasteiger partial charge in [-0.1, -0.05) is 0 Å². The molecule has 1 fully saturated rings. The highest BCUT2D eigenvalue weighted by molar-refractivity contribution is 5.76. The van der Waals surface area contributed by atoms with E-state index < -0.39 is 0 Å². The van der Waals surface area contributed by atoms with E-state index >= 15 is 0 Å². The smallest absolute Gasteiger partial charge is 0.302 e. The second kappa shape index (κ2) is 7.13. The van der Waals surface area contributed by atoms with E-state index in [-0.39, 0.29) is 11.6 Å². The van der Waals surface area contributed by atoms with E-state index in [1.165, 1.54) is 0 Å². The summed E-state index contributed by atoms with van der Waals surface area (Å²) in [5.41, 5.74) is 1.36. The molecular formula is C19H20N4O3. The van der Waals surface area contributed by atoms with Gasteiger partial charge in [0.15, 0.2) is 0 Å². The van der Waals surface area contributed by atoms with Crippen LogP contribution in [0.25, 0.3) is 10.9 Å². The number of rotatable bonds is 5. The average Bonchev–Trinajstić information content (AvgIpc) is 3.15. The first-order valence-electron chi connectivity index (χ1n) is 8.60. The summed E-state index contributed by atoms with van der Waals surface area (Å²) in [5, 5.41) is 0.486. The van der Waals surface area contributed by atoms with Crippen molar-refractivity contribution in [3.8, 4) is 11.8 Å². The molecule has 1 aliphatic rings. The molecular weight excluding hydrogens is 332 g/mol. The Hall–Kier alpha value is -2.93. The third-order valence-electron chi connectivity index (χ3n) is 4.54. The lowest BCUT2D eigenvalue weighted by Crippen LogP contribution is -2.25. The van der Waals surface area contributed by atoms with Crippen molar-refractivity contribution < 1.29 is 9.47 Å². The molecule has 1 aromatic carbocycles. The van der Waals surface area contributed by atoms with Crippen LogP contribution in [0.3, 0.4) is 0 Å². The van der Waals surface area contributed by atoms with E-state index in [9.17, 15) is 4.79 Å². The van der Waals surface area contributed by atoms with E-state index in [0.717, 1.165) is 31.9 Å². The number of anilines is 1. The molecule has 1 N–H and O–H groups in total. The van der Waals surface area contributed by atoms with E-state index in [2.05, 4.69) is 26.9 Å². The predicted octanol–water partition coefficient (Wildman–Crippen LogP) is 2.58. The van der Waals surface area contributed by atoms with Crippen LogP contribution in [0, 0.1) is 5.92 Å². The van der Waals surface area contributed by atoms with Crippen molar-refractivity contribution in [2.24, 2.45) is 5.92 Å².